The number of rotatable bonds is 2. The summed E-state index contributed by atoms with van der Waals surface area (Å²) < 4.78 is 2.41. The van der Waals surface area contributed by atoms with Gasteiger partial charge in [-0.2, -0.15) is 0 Å². The van der Waals surface area contributed by atoms with Gasteiger partial charge in [0.1, 0.15) is 0 Å². The number of pyridine rings is 1. The zero-order valence-electron chi connectivity index (χ0n) is 7.75. The fourth-order valence-corrected chi connectivity index (χ4v) is 1.64. The van der Waals surface area contributed by atoms with Crippen LogP contribution in [0.15, 0.2) is 29.2 Å². The third-order valence-corrected chi connectivity index (χ3v) is 2.45. The first-order chi connectivity index (χ1) is 6.16. The Morgan fingerprint density at radius 1 is 1.69 bits per heavy atom. The molecule has 0 fully saturated rings. The van der Waals surface area contributed by atoms with Crippen molar-refractivity contribution in [2.75, 3.05) is 0 Å². The van der Waals surface area contributed by atoms with Crippen molar-refractivity contribution in [3.05, 3.63) is 40.3 Å². The van der Waals surface area contributed by atoms with Crippen molar-refractivity contribution in [2.45, 2.75) is 20.3 Å². The Labute approximate surface area is 86.0 Å². The van der Waals surface area contributed by atoms with Crippen LogP contribution in [-0.4, -0.2) is 4.57 Å². The molecule has 0 unspecified atom stereocenters. The highest BCUT2D eigenvalue weighted by molar-refractivity contribution is 9.14. The molecule has 3 heteroatoms. The van der Waals surface area contributed by atoms with E-state index in [1.807, 2.05) is 32.1 Å². The molecule has 1 aromatic heterocycles. The SMILES string of the molecule is CC/C=C(/Br)n1cccc(C)c1=O. The van der Waals surface area contributed by atoms with E-state index < -0.39 is 0 Å². The molecule has 13 heavy (non-hydrogen) atoms. The smallest absolute Gasteiger partial charge is 0.258 e. The van der Waals surface area contributed by atoms with E-state index in [9.17, 15) is 4.79 Å². The first kappa shape index (κ1) is 10.3. The summed E-state index contributed by atoms with van der Waals surface area (Å²) in [5.74, 6) is 0. The van der Waals surface area contributed by atoms with Crippen LogP contribution in [0.25, 0.3) is 4.61 Å². The number of hydrogen-bond donors (Lipinski definition) is 0. The number of allylic oxidation sites excluding steroid dienone is 1. The molecule has 0 amide bonds. The molecule has 1 heterocycles. The van der Waals surface area contributed by atoms with E-state index >= 15 is 0 Å². The van der Waals surface area contributed by atoms with E-state index in [0.29, 0.717) is 0 Å². The molecular formula is C10H12BrNO. The number of nitrogens with zero attached hydrogens (tertiary/aromatic N) is 1. The molecular weight excluding hydrogens is 230 g/mol. The highest BCUT2D eigenvalue weighted by atomic mass is 79.9. The third-order valence-electron chi connectivity index (χ3n) is 1.74. The summed E-state index contributed by atoms with van der Waals surface area (Å²) in [6.07, 6.45) is 4.62. The van der Waals surface area contributed by atoms with Crippen LogP contribution in [-0.2, 0) is 0 Å². The zero-order valence-corrected chi connectivity index (χ0v) is 9.34. The van der Waals surface area contributed by atoms with Crippen molar-refractivity contribution < 1.29 is 0 Å². The Hall–Kier alpha value is -0.830. The van der Waals surface area contributed by atoms with E-state index in [-0.39, 0.29) is 5.56 Å². The largest absolute Gasteiger partial charge is 0.278 e. The first-order valence-electron chi connectivity index (χ1n) is 4.21. The first-order valence-corrected chi connectivity index (χ1v) is 5.00. The van der Waals surface area contributed by atoms with Crippen LogP contribution in [0, 0.1) is 6.92 Å². The van der Waals surface area contributed by atoms with Gasteiger partial charge in [-0.25, -0.2) is 0 Å². The number of halogens is 1. The second-order valence-electron chi connectivity index (χ2n) is 2.80. The molecule has 0 atom stereocenters. The van der Waals surface area contributed by atoms with Gasteiger partial charge in [0.25, 0.3) is 5.56 Å². The number of aromatic nitrogens is 1. The third kappa shape index (κ3) is 2.31. The van der Waals surface area contributed by atoms with Crippen LogP contribution >= 0.6 is 15.9 Å². The van der Waals surface area contributed by atoms with Gasteiger partial charge in [0, 0.05) is 11.8 Å². The second-order valence-corrected chi connectivity index (χ2v) is 3.61. The molecule has 0 saturated carbocycles. The standard InChI is InChI=1S/C10H12BrNO/c1-3-5-9(11)12-7-4-6-8(2)10(12)13/h4-7H,3H2,1-2H3/b9-5-. The Balaban J connectivity index is 3.23. The monoisotopic (exact) mass is 241 g/mol. The fourth-order valence-electron chi connectivity index (χ4n) is 1.04. The lowest BCUT2D eigenvalue weighted by atomic mass is 10.3. The predicted molar refractivity (Wildman–Crippen MR) is 58.9 cm³/mol. The maximum Gasteiger partial charge on any atom is 0.258 e. The lowest BCUT2D eigenvalue weighted by Crippen LogP contribution is -2.18. The lowest BCUT2D eigenvalue weighted by Gasteiger charge is -2.03. The maximum atomic E-state index is 11.6. The average molecular weight is 242 g/mol. The summed E-state index contributed by atoms with van der Waals surface area (Å²) in [5.41, 5.74) is 0.781. The minimum Gasteiger partial charge on any atom is -0.278 e. The summed E-state index contributed by atoms with van der Waals surface area (Å²) in [7, 11) is 0. The van der Waals surface area contributed by atoms with Gasteiger partial charge < -0.3 is 0 Å². The minimum atomic E-state index is 0.0269. The second kappa shape index (κ2) is 4.42. The normalized spacial score (nSPS) is 11.8. The maximum absolute atomic E-state index is 11.6. The van der Waals surface area contributed by atoms with Crippen molar-refractivity contribution in [3.8, 4) is 0 Å². The van der Waals surface area contributed by atoms with Crippen LogP contribution in [0.5, 0.6) is 0 Å². The summed E-state index contributed by atoms with van der Waals surface area (Å²) >= 11 is 3.36. The summed E-state index contributed by atoms with van der Waals surface area (Å²) in [6.45, 7) is 3.84. The highest BCUT2D eigenvalue weighted by Crippen LogP contribution is 2.10. The molecule has 0 spiro atoms. The molecule has 1 aromatic rings. The fraction of sp³-hybridized carbons (Fsp3) is 0.300. The molecule has 0 N–H and O–H groups in total. The van der Waals surface area contributed by atoms with Gasteiger partial charge in [-0.3, -0.25) is 9.36 Å². The van der Waals surface area contributed by atoms with Crippen LogP contribution in [0.3, 0.4) is 0 Å². The molecule has 2 nitrogen and oxygen atoms in total. The van der Waals surface area contributed by atoms with Crippen molar-refractivity contribution in [2.24, 2.45) is 0 Å². The predicted octanol–water partition coefficient (Wildman–Crippen LogP) is 2.76. The quantitative estimate of drug-likeness (QED) is 0.781. The van der Waals surface area contributed by atoms with Crippen LogP contribution in [0.1, 0.15) is 18.9 Å². The van der Waals surface area contributed by atoms with Crippen molar-refractivity contribution in [1.82, 2.24) is 4.57 Å². The molecule has 0 radical (unpaired) electrons. The molecule has 0 aliphatic heterocycles. The molecule has 0 aliphatic carbocycles. The van der Waals surface area contributed by atoms with Crippen molar-refractivity contribution in [1.29, 1.82) is 0 Å². The van der Waals surface area contributed by atoms with Crippen LogP contribution in [0.2, 0.25) is 0 Å². The summed E-state index contributed by atoms with van der Waals surface area (Å²) in [6, 6.07) is 3.67. The van der Waals surface area contributed by atoms with E-state index in [1.54, 1.807) is 10.8 Å². The summed E-state index contributed by atoms with van der Waals surface area (Å²) in [5, 5.41) is 0. The van der Waals surface area contributed by atoms with Gasteiger partial charge in [-0.1, -0.05) is 19.1 Å². The van der Waals surface area contributed by atoms with Gasteiger partial charge in [0.15, 0.2) is 0 Å². The van der Waals surface area contributed by atoms with Gasteiger partial charge >= 0.3 is 0 Å². The molecule has 0 bridgehead atoms. The van der Waals surface area contributed by atoms with Crippen molar-refractivity contribution >= 4 is 20.5 Å². The molecule has 0 aliphatic rings. The minimum absolute atomic E-state index is 0.0269. The Kier molecular flexibility index (Phi) is 3.48. The van der Waals surface area contributed by atoms with E-state index in [1.165, 1.54) is 0 Å². The van der Waals surface area contributed by atoms with Gasteiger partial charge in [0.05, 0.1) is 4.61 Å². The average Bonchev–Trinajstić information content (AvgIpc) is 2.10. The van der Waals surface area contributed by atoms with Crippen LogP contribution in [0.4, 0.5) is 0 Å². The Morgan fingerprint density at radius 2 is 2.38 bits per heavy atom. The van der Waals surface area contributed by atoms with Crippen LogP contribution < -0.4 is 5.56 Å². The molecule has 1 rings (SSSR count). The summed E-state index contributed by atoms with van der Waals surface area (Å²) in [4.78, 5) is 11.6. The van der Waals surface area contributed by atoms with Gasteiger partial charge in [-0.15, -0.1) is 0 Å². The number of aryl methyl sites for hydroxylation is 1. The highest BCUT2D eigenvalue weighted by Gasteiger charge is 1.99. The molecule has 0 aromatic carbocycles. The van der Waals surface area contributed by atoms with E-state index in [0.717, 1.165) is 16.6 Å². The van der Waals surface area contributed by atoms with E-state index in [2.05, 4.69) is 15.9 Å². The molecule has 70 valence electrons. The Morgan fingerprint density at radius 3 is 3.00 bits per heavy atom. The van der Waals surface area contributed by atoms with Gasteiger partial charge in [0.2, 0.25) is 0 Å². The topological polar surface area (TPSA) is 22.0 Å². The van der Waals surface area contributed by atoms with Crippen molar-refractivity contribution in [3.63, 3.8) is 0 Å². The Bertz CT molecular complexity index is 379. The van der Waals surface area contributed by atoms with E-state index in [4.69, 9.17) is 0 Å². The molecule has 0 saturated heterocycles. The number of hydrogen-bond acceptors (Lipinski definition) is 1. The van der Waals surface area contributed by atoms with Gasteiger partial charge in [-0.05, 0) is 35.3 Å². The lowest BCUT2D eigenvalue weighted by molar-refractivity contribution is 1.01. The zero-order chi connectivity index (χ0) is 9.84.